The molecule has 0 saturated heterocycles. The number of unbranched alkanes of at least 4 members (excludes halogenated alkanes) is 9. The average molecular weight is 362 g/mol. The lowest BCUT2D eigenvalue weighted by atomic mass is 10.1. The highest BCUT2D eigenvalue weighted by molar-refractivity contribution is 7.80. The van der Waals surface area contributed by atoms with Crippen LogP contribution in [0, 0.1) is 0 Å². The normalized spacial score (nSPS) is 10.4. The van der Waals surface area contributed by atoms with Crippen molar-refractivity contribution in [3.05, 3.63) is 36.4 Å². The highest BCUT2D eigenvalue weighted by atomic mass is 32.3. The Balaban J connectivity index is 0. The van der Waals surface area contributed by atoms with Crippen LogP contribution in [0.2, 0.25) is 0 Å². The van der Waals surface area contributed by atoms with E-state index in [0.717, 1.165) is 12.8 Å². The Labute approximate surface area is 148 Å². The topological polar surface area (TPSA) is 98.6 Å². The zero-order valence-corrected chi connectivity index (χ0v) is 15.8. The summed E-state index contributed by atoms with van der Waals surface area (Å²) in [6, 6.07) is 12.0. The van der Waals surface area contributed by atoms with Crippen LogP contribution in [0.15, 0.2) is 36.4 Å². The molecular formula is C18H35NO4S. The fraction of sp³-hybridized carbons (Fsp3) is 0.667. The molecule has 0 bridgehead atoms. The largest absolute Gasteiger partial charge is 0.397 e. The first-order valence-electron chi connectivity index (χ1n) is 8.68. The third-order valence-electron chi connectivity index (χ3n) is 3.40. The van der Waals surface area contributed by atoms with Crippen molar-refractivity contribution < 1.29 is 17.2 Å². The Morgan fingerprint density at radius 1 is 0.708 bits per heavy atom. The SMILES string of the molecule is CCCCCCCCCCCCOS(=O)(=O)O.N.c1ccccc1. The molecule has 0 amide bonds. The van der Waals surface area contributed by atoms with Gasteiger partial charge in [0.1, 0.15) is 0 Å². The molecule has 0 heterocycles. The lowest BCUT2D eigenvalue weighted by molar-refractivity contribution is 0.261. The van der Waals surface area contributed by atoms with Crippen molar-refractivity contribution in [2.24, 2.45) is 0 Å². The number of benzene rings is 1. The molecule has 1 rings (SSSR count). The van der Waals surface area contributed by atoms with Crippen LogP contribution >= 0.6 is 0 Å². The van der Waals surface area contributed by atoms with E-state index in [-0.39, 0.29) is 12.8 Å². The molecule has 0 saturated carbocycles. The zero-order chi connectivity index (χ0) is 17.2. The van der Waals surface area contributed by atoms with E-state index in [0.29, 0.717) is 6.42 Å². The molecule has 5 nitrogen and oxygen atoms in total. The van der Waals surface area contributed by atoms with Gasteiger partial charge in [-0.25, -0.2) is 4.18 Å². The van der Waals surface area contributed by atoms with Gasteiger partial charge < -0.3 is 6.15 Å². The summed E-state index contributed by atoms with van der Waals surface area (Å²) in [4.78, 5) is 0. The van der Waals surface area contributed by atoms with Gasteiger partial charge >= 0.3 is 10.4 Å². The second kappa shape index (κ2) is 18.4. The summed E-state index contributed by atoms with van der Waals surface area (Å²) in [5, 5.41) is 0. The Morgan fingerprint density at radius 3 is 1.38 bits per heavy atom. The molecule has 0 unspecified atom stereocenters. The number of hydrogen-bond acceptors (Lipinski definition) is 4. The van der Waals surface area contributed by atoms with Crippen LogP contribution in [0.25, 0.3) is 0 Å². The van der Waals surface area contributed by atoms with Crippen LogP contribution in [-0.2, 0) is 14.6 Å². The molecule has 4 N–H and O–H groups in total. The van der Waals surface area contributed by atoms with Gasteiger partial charge in [0.2, 0.25) is 0 Å². The van der Waals surface area contributed by atoms with Crippen molar-refractivity contribution in [3.8, 4) is 0 Å². The van der Waals surface area contributed by atoms with Gasteiger partial charge in [0, 0.05) is 0 Å². The van der Waals surface area contributed by atoms with Crippen LogP contribution in [0.4, 0.5) is 0 Å². The minimum Gasteiger partial charge on any atom is -0.344 e. The maximum atomic E-state index is 10.2. The summed E-state index contributed by atoms with van der Waals surface area (Å²) < 4.78 is 33.0. The van der Waals surface area contributed by atoms with E-state index in [4.69, 9.17) is 4.55 Å². The summed E-state index contributed by atoms with van der Waals surface area (Å²) in [5.74, 6) is 0. The number of rotatable bonds is 12. The van der Waals surface area contributed by atoms with Crippen molar-refractivity contribution in [1.29, 1.82) is 0 Å². The van der Waals surface area contributed by atoms with Crippen molar-refractivity contribution in [2.45, 2.75) is 71.1 Å². The van der Waals surface area contributed by atoms with Crippen molar-refractivity contribution in [1.82, 2.24) is 6.15 Å². The first kappa shape index (κ1) is 25.3. The zero-order valence-electron chi connectivity index (χ0n) is 15.0. The minimum atomic E-state index is -4.23. The second-order valence-corrected chi connectivity index (χ2v) is 6.68. The summed E-state index contributed by atoms with van der Waals surface area (Å²) >= 11 is 0. The molecule has 0 fully saturated rings. The van der Waals surface area contributed by atoms with Gasteiger partial charge in [-0.05, 0) is 6.42 Å². The molecule has 0 spiro atoms. The van der Waals surface area contributed by atoms with Crippen LogP contribution in [0.3, 0.4) is 0 Å². The van der Waals surface area contributed by atoms with E-state index < -0.39 is 10.4 Å². The van der Waals surface area contributed by atoms with Crippen molar-refractivity contribution >= 4 is 10.4 Å². The highest BCUT2D eigenvalue weighted by Crippen LogP contribution is 2.10. The Hall–Kier alpha value is -0.950. The Kier molecular flexibility index (Phi) is 19.4. The minimum absolute atomic E-state index is 0. The predicted octanol–water partition coefficient (Wildman–Crippen LogP) is 5.58. The molecule has 24 heavy (non-hydrogen) atoms. The Morgan fingerprint density at radius 2 is 1.04 bits per heavy atom. The highest BCUT2D eigenvalue weighted by Gasteiger charge is 2.02. The van der Waals surface area contributed by atoms with Gasteiger partial charge in [-0.2, -0.15) is 8.42 Å². The Bertz CT molecular complexity index is 411. The smallest absolute Gasteiger partial charge is 0.344 e. The van der Waals surface area contributed by atoms with E-state index in [1.165, 1.54) is 44.9 Å². The van der Waals surface area contributed by atoms with Crippen LogP contribution in [0.5, 0.6) is 0 Å². The average Bonchev–Trinajstić information content (AvgIpc) is 2.54. The third kappa shape index (κ3) is 23.3. The molecule has 1 aromatic rings. The monoisotopic (exact) mass is 361 g/mol. The lowest BCUT2D eigenvalue weighted by Crippen LogP contribution is -2.04. The molecule has 6 heteroatoms. The maximum Gasteiger partial charge on any atom is 0.397 e. The molecular weight excluding hydrogens is 326 g/mol. The fourth-order valence-corrected chi connectivity index (χ4v) is 2.47. The van der Waals surface area contributed by atoms with Crippen LogP contribution in [-0.4, -0.2) is 19.6 Å². The van der Waals surface area contributed by atoms with E-state index >= 15 is 0 Å². The van der Waals surface area contributed by atoms with Gasteiger partial charge in [0.05, 0.1) is 6.61 Å². The molecule has 0 aromatic heterocycles. The standard InChI is InChI=1S/C12H26O4S.C6H6.H3N/c1-2-3-4-5-6-7-8-9-10-11-12-16-17(13,14)15;1-2-4-6-5-3-1;/h2-12H2,1H3,(H,13,14,15);1-6H;1H3. The van der Waals surface area contributed by atoms with E-state index in [1.807, 2.05) is 36.4 Å². The quantitative estimate of drug-likeness (QED) is 0.374. The number of hydrogen-bond donors (Lipinski definition) is 2. The van der Waals surface area contributed by atoms with Crippen LogP contribution in [0.1, 0.15) is 71.1 Å². The second-order valence-electron chi connectivity index (χ2n) is 5.59. The predicted molar refractivity (Wildman–Crippen MR) is 101 cm³/mol. The van der Waals surface area contributed by atoms with Gasteiger partial charge in [-0.1, -0.05) is 101 Å². The van der Waals surface area contributed by atoms with Crippen molar-refractivity contribution in [3.63, 3.8) is 0 Å². The first-order chi connectivity index (χ1) is 11.1. The molecule has 142 valence electrons. The van der Waals surface area contributed by atoms with E-state index in [1.54, 1.807) is 0 Å². The van der Waals surface area contributed by atoms with Gasteiger partial charge in [0.15, 0.2) is 0 Å². The first-order valence-corrected chi connectivity index (χ1v) is 10.0. The van der Waals surface area contributed by atoms with E-state index in [9.17, 15) is 8.42 Å². The summed E-state index contributed by atoms with van der Waals surface area (Å²) in [6.07, 6.45) is 11.9. The third-order valence-corrected chi connectivity index (χ3v) is 3.86. The summed E-state index contributed by atoms with van der Waals surface area (Å²) in [6.45, 7) is 2.31. The van der Waals surface area contributed by atoms with Gasteiger partial charge in [-0.3, -0.25) is 4.55 Å². The van der Waals surface area contributed by atoms with Crippen molar-refractivity contribution in [2.75, 3.05) is 6.61 Å². The molecule has 0 atom stereocenters. The molecule has 0 aliphatic heterocycles. The molecule has 1 aromatic carbocycles. The summed E-state index contributed by atoms with van der Waals surface area (Å²) in [5.41, 5.74) is 0. The fourth-order valence-electron chi connectivity index (χ4n) is 2.14. The molecule has 0 aliphatic carbocycles. The maximum absolute atomic E-state index is 10.2. The van der Waals surface area contributed by atoms with E-state index in [2.05, 4.69) is 11.1 Å². The van der Waals surface area contributed by atoms with Gasteiger partial charge in [0.25, 0.3) is 0 Å². The lowest BCUT2D eigenvalue weighted by Gasteiger charge is -2.02. The van der Waals surface area contributed by atoms with Gasteiger partial charge in [-0.15, -0.1) is 0 Å². The summed E-state index contributed by atoms with van der Waals surface area (Å²) in [7, 11) is -4.23. The van der Waals surface area contributed by atoms with Crippen LogP contribution < -0.4 is 6.15 Å². The molecule has 0 aliphatic rings. The molecule has 0 radical (unpaired) electrons.